The first-order valence-electron chi connectivity index (χ1n) is 0.721. The van der Waals surface area contributed by atoms with Crippen LogP contribution in [-0.2, 0) is 25.6 Å². The largest absolute Gasteiger partial charge is 0.377 e. The van der Waals surface area contributed by atoms with Crippen molar-refractivity contribution in [3.05, 3.63) is 0 Å². The summed E-state index contributed by atoms with van der Waals surface area (Å²) in [6.45, 7) is 0. The molecule has 0 fully saturated rings. The van der Waals surface area contributed by atoms with Crippen LogP contribution in [0.25, 0.3) is 0 Å². The zero-order chi connectivity index (χ0) is 4.50. The van der Waals surface area contributed by atoms with Crippen LogP contribution in [0.2, 0.25) is 0 Å². The van der Waals surface area contributed by atoms with E-state index in [1.54, 1.807) is 0 Å². The predicted octanol–water partition coefficient (Wildman–Crippen LogP) is 1.56. The van der Waals surface area contributed by atoms with Gasteiger partial charge >= 0.3 is 6.07 Å². The van der Waals surface area contributed by atoms with E-state index >= 15 is 0 Å². The fourth-order valence-electron chi connectivity index (χ4n) is 0. The summed E-state index contributed by atoms with van der Waals surface area (Å²) in [6, 6.07) is 0. The van der Waals surface area contributed by atoms with Crippen molar-refractivity contribution in [2.75, 3.05) is 0 Å². The Balaban J connectivity index is 0. The zero-order valence-electron chi connectivity index (χ0n) is 2.47. The number of hydrogen-bond acceptors (Lipinski definition) is 1. The van der Waals surface area contributed by atoms with Crippen molar-refractivity contribution in [1.29, 1.82) is 0 Å². The molecule has 0 aromatic rings. The minimum atomic E-state index is -3.69. The van der Waals surface area contributed by atoms with Crippen molar-refractivity contribution >= 4 is 28.6 Å². The topological polar surface area (TPSA) is 37.3 Å². The van der Waals surface area contributed by atoms with Gasteiger partial charge in [0.15, 0.2) is 0 Å². The second-order valence-corrected chi connectivity index (χ2v) is 4.57. The Morgan fingerprint density at radius 2 is 1.50 bits per heavy atom. The van der Waals surface area contributed by atoms with Crippen LogP contribution >= 0.6 is 28.6 Å². The fraction of sp³-hybridized carbons (Fsp3) is 0. The molecule has 0 aliphatic heterocycles. The molecule has 38 valence electrons. The van der Waals surface area contributed by atoms with Gasteiger partial charge in [0.1, 0.15) is 0 Å². The van der Waals surface area contributed by atoms with Crippen LogP contribution in [0.3, 0.4) is 0 Å². The minimum Gasteiger partial charge on any atom is -0.322 e. The molecular formula is HCl2O2PW. The van der Waals surface area contributed by atoms with Crippen LogP contribution in [0.5, 0.6) is 0 Å². The average Bonchev–Trinajstić information content (AvgIpc) is 0.722. The van der Waals surface area contributed by atoms with E-state index in [1.165, 1.54) is 0 Å². The van der Waals surface area contributed by atoms with E-state index in [4.69, 9.17) is 4.89 Å². The van der Waals surface area contributed by atoms with Crippen molar-refractivity contribution in [3.63, 3.8) is 0 Å². The van der Waals surface area contributed by atoms with Crippen LogP contribution in [0.1, 0.15) is 0 Å². The minimum absolute atomic E-state index is 0. The molecule has 0 spiro atoms. The summed E-state index contributed by atoms with van der Waals surface area (Å²) in [5.41, 5.74) is 0. The van der Waals surface area contributed by atoms with Crippen molar-refractivity contribution in [2.45, 2.75) is 0 Å². The first-order valence-corrected chi connectivity index (χ1v) is 4.19. The molecule has 0 aromatic heterocycles. The van der Waals surface area contributed by atoms with Crippen LogP contribution < -0.4 is 0 Å². The van der Waals surface area contributed by atoms with Gasteiger partial charge in [-0.05, 0) is 22.5 Å². The maximum absolute atomic E-state index is 9.30. The van der Waals surface area contributed by atoms with E-state index in [0.717, 1.165) is 0 Å². The zero-order valence-corrected chi connectivity index (χ0v) is 7.81. The van der Waals surface area contributed by atoms with E-state index in [2.05, 4.69) is 22.5 Å². The molecule has 0 saturated carbocycles. The van der Waals surface area contributed by atoms with Gasteiger partial charge in [0.2, 0.25) is 0 Å². The van der Waals surface area contributed by atoms with Gasteiger partial charge in [-0.25, -0.2) is 0 Å². The molecule has 1 N–H and O–H groups in total. The maximum atomic E-state index is 9.30. The summed E-state index contributed by atoms with van der Waals surface area (Å²) >= 11 is 8.81. The summed E-state index contributed by atoms with van der Waals surface area (Å²) in [7, 11) is 0. The van der Waals surface area contributed by atoms with Gasteiger partial charge in [-0.2, -0.15) is 0 Å². The van der Waals surface area contributed by atoms with Gasteiger partial charge in [-0.15, -0.1) is 0 Å². The van der Waals surface area contributed by atoms with Gasteiger partial charge in [0, 0.05) is 21.1 Å². The monoisotopic (exact) mass is 318 g/mol. The third-order valence-corrected chi connectivity index (χ3v) is 0. The Bertz CT molecular complexity index is 57.7. The number of rotatable bonds is 0. The van der Waals surface area contributed by atoms with E-state index in [-0.39, 0.29) is 21.1 Å². The van der Waals surface area contributed by atoms with Crippen molar-refractivity contribution < 1.29 is 30.5 Å². The molecule has 0 atom stereocenters. The number of hydrogen-bond donors (Lipinski definition) is 1. The molecule has 0 rings (SSSR count). The number of halogens is 2. The molecule has 0 aromatic carbocycles. The smallest absolute Gasteiger partial charge is 0.322 e. The predicted molar refractivity (Wildman–Crippen MR) is 21.5 cm³/mol. The Labute approximate surface area is 59.1 Å². The molecule has 6 heteroatoms. The quantitative estimate of drug-likeness (QED) is 0.688. The molecule has 0 radical (unpaired) electrons. The molecule has 0 aliphatic carbocycles. The summed E-state index contributed by atoms with van der Waals surface area (Å²) in [5.74, 6) is 0. The molecule has 0 heterocycles. The van der Waals surface area contributed by atoms with Crippen LogP contribution in [0, 0.1) is 0 Å². The molecule has 6 heavy (non-hydrogen) atoms. The SMILES string of the molecule is O=P(O)(Cl)Cl.[W]. The normalized spacial score (nSPS) is 9.83. The molecular weight excluding hydrogens is 318 g/mol. The molecule has 0 unspecified atom stereocenters. The van der Waals surface area contributed by atoms with Gasteiger partial charge in [0.05, 0.1) is 0 Å². The van der Waals surface area contributed by atoms with Crippen LogP contribution in [0.15, 0.2) is 0 Å². The van der Waals surface area contributed by atoms with Crippen molar-refractivity contribution in [3.8, 4) is 0 Å². The summed E-state index contributed by atoms with van der Waals surface area (Å²) in [6.07, 6.45) is -3.69. The summed E-state index contributed by atoms with van der Waals surface area (Å²) < 4.78 is 9.30. The first-order chi connectivity index (χ1) is 2.00. The van der Waals surface area contributed by atoms with E-state index < -0.39 is 6.07 Å². The van der Waals surface area contributed by atoms with Crippen LogP contribution in [0.4, 0.5) is 0 Å². The second-order valence-electron chi connectivity index (χ2n) is 0.435. The molecule has 0 bridgehead atoms. The van der Waals surface area contributed by atoms with E-state index in [9.17, 15) is 4.57 Å². The Kier molecular flexibility index (Phi) is 6.02. The summed E-state index contributed by atoms with van der Waals surface area (Å²) in [5, 5.41) is 0. The van der Waals surface area contributed by atoms with E-state index in [0.29, 0.717) is 0 Å². The summed E-state index contributed by atoms with van der Waals surface area (Å²) in [4.78, 5) is 7.61. The Morgan fingerprint density at radius 3 is 1.50 bits per heavy atom. The third kappa shape index (κ3) is 51.0. The van der Waals surface area contributed by atoms with Crippen molar-refractivity contribution in [1.82, 2.24) is 0 Å². The standard InChI is InChI=1S/Cl2HO2P.W/c1-5(2,3)4;/h(H,3,4);. The molecule has 0 amide bonds. The molecule has 0 saturated heterocycles. The second kappa shape index (κ2) is 3.46. The van der Waals surface area contributed by atoms with Crippen molar-refractivity contribution in [2.24, 2.45) is 0 Å². The van der Waals surface area contributed by atoms with Gasteiger partial charge in [-0.1, -0.05) is 0 Å². The average molecular weight is 319 g/mol. The van der Waals surface area contributed by atoms with Crippen LogP contribution in [-0.4, -0.2) is 4.89 Å². The van der Waals surface area contributed by atoms with Gasteiger partial charge < -0.3 is 4.89 Å². The Hall–Kier alpha value is 1.46. The first kappa shape index (κ1) is 10.4. The van der Waals surface area contributed by atoms with E-state index in [1.807, 2.05) is 0 Å². The van der Waals surface area contributed by atoms with Gasteiger partial charge in [-0.3, -0.25) is 4.57 Å². The molecule has 2 nitrogen and oxygen atoms in total. The van der Waals surface area contributed by atoms with Gasteiger partial charge in [0.25, 0.3) is 0 Å². The third-order valence-electron chi connectivity index (χ3n) is 0. The molecule has 0 aliphatic rings. The Morgan fingerprint density at radius 1 is 1.50 bits per heavy atom. The maximum Gasteiger partial charge on any atom is 0.377 e. The fourth-order valence-corrected chi connectivity index (χ4v) is 0.